The Morgan fingerprint density at radius 3 is 2.67 bits per heavy atom. The van der Waals surface area contributed by atoms with Gasteiger partial charge < -0.3 is 4.57 Å². The summed E-state index contributed by atoms with van der Waals surface area (Å²) in [5, 5.41) is 0.969. The number of hydrogen-bond donors (Lipinski definition) is 0. The fraction of sp³-hybridized carbons (Fsp3) is 0.250. The molecule has 2 rings (SSSR count). The lowest BCUT2D eigenvalue weighted by molar-refractivity contribution is 0.785. The van der Waals surface area contributed by atoms with Gasteiger partial charge >= 0.3 is 0 Å². The van der Waals surface area contributed by atoms with Gasteiger partial charge in [-0.1, -0.05) is 11.8 Å². The Labute approximate surface area is 119 Å². The molecule has 0 aromatic carbocycles. The zero-order chi connectivity index (χ0) is 13.1. The molecule has 0 fully saturated rings. The molecule has 18 heavy (non-hydrogen) atoms. The van der Waals surface area contributed by atoms with E-state index in [1.165, 1.54) is 0 Å². The Balaban J connectivity index is 2.31. The van der Waals surface area contributed by atoms with E-state index in [-0.39, 0.29) is 0 Å². The minimum Gasteiger partial charge on any atom is -0.322 e. The molecular weight excluding hydrogens is 312 g/mol. The van der Waals surface area contributed by atoms with Crippen molar-refractivity contribution in [3.8, 4) is 0 Å². The second-order valence-corrected chi connectivity index (χ2v) is 5.28. The van der Waals surface area contributed by atoms with Gasteiger partial charge in [-0.15, -0.1) is 0 Å². The Kier molecular flexibility index (Phi) is 4.19. The second-order valence-electron chi connectivity index (χ2n) is 3.75. The molecule has 0 amide bonds. The van der Waals surface area contributed by atoms with Crippen molar-refractivity contribution in [2.75, 3.05) is 6.26 Å². The van der Waals surface area contributed by atoms with Crippen LogP contribution in [-0.2, 0) is 7.05 Å². The van der Waals surface area contributed by atoms with Gasteiger partial charge in [-0.05, 0) is 41.3 Å². The standard InChI is InChI=1S/C12H13BrN4S/c1-8-6-14-7-9(15-8)4-5-10-11(13)16-12(18-3)17(10)2/h4-7H,1-3H3/b5-4+. The average molecular weight is 325 g/mol. The third-order valence-electron chi connectivity index (χ3n) is 2.42. The highest BCUT2D eigenvalue weighted by atomic mass is 79.9. The minimum absolute atomic E-state index is 0.839. The molecule has 6 heteroatoms. The van der Waals surface area contributed by atoms with Crippen LogP contribution >= 0.6 is 27.7 Å². The summed E-state index contributed by atoms with van der Waals surface area (Å²) >= 11 is 5.08. The van der Waals surface area contributed by atoms with E-state index in [0.717, 1.165) is 26.8 Å². The highest BCUT2D eigenvalue weighted by Gasteiger charge is 2.08. The van der Waals surface area contributed by atoms with Gasteiger partial charge in [0.15, 0.2) is 5.16 Å². The molecule has 0 aliphatic heterocycles. The molecule has 0 spiro atoms. The maximum absolute atomic E-state index is 4.41. The summed E-state index contributed by atoms with van der Waals surface area (Å²) in [6, 6.07) is 0. The Hall–Kier alpha value is -1.14. The van der Waals surface area contributed by atoms with Crippen LogP contribution in [-0.4, -0.2) is 25.8 Å². The van der Waals surface area contributed by atoms with Gasteiger partial charge in [0, 0.05) is 13.2 Å². The molecule has 0 saturated carbocycles. The van der Waals surface area contributed by atoms with Crippen LogP contribution in [0.1, 0.15) is 17.1 Å². The Bertz CT molecular complexity index is 592. The van der Waals surface area contributed by atoms with Crippen molar-refractivity contribution in [2.45, 2.75) is 12.1 Å². The molecule has 0 unspecified atom stereocenters. The smallest absolute Gasteiger partial charge is 0.169 e. The summed E-state index contributed by atoms with van der Waals surface area (Å²) in [6.45, 7) is 1.93. The maximum atomic E-state index is 4.41. The van der Waals surface area contributed by atoms with E-state index in [1.807, 2.05) is 36.9 Å². The van der Waals surface area contributed by atoms with E-state index < -0.39 is 0 Å². The van der Waals surface area contributed by atoms with Gasteiger partial charge in [0.25, 0.3) is 0 Å². The minimum atomic E-state index is 0.839. The molecule has 4 nitrogen and oxygen atoms in total. The Morgan fingerprint density at radius 2 is 2.06 bits per heavy atom. The SMILES string of the molecule is CSc1nc(Br)c(/C=C/c2cncc(C)n2)n1C. The Morgan fingerprint density at radius 1 is 1.28 bits per heavy atom. The monoisotopic (exact) mass is 324 g/mol. The quantitative estimate of drug-likeness (QED) is 0.813. The molecule has 0 aliphatic rings. The molecule has 0 aliphatic carbocycles. The van der Waals surface area contributed by atoms with E-state index in [2.05, 4.69) is 30.9 Å². The number of imidazole rings is 1. The summed E-state index contributed by atoms with van der Waals surface area (Å²) < 4.78 is 2.88. The van der Waals surface area contributed by atoms with Crippen molar-refractivity contribution < 1.29 is 0 Å². The van der Waals surface area contributed by atoms with E-state index in [1.54, 1.807) is 24.2 Å². The maximum Gasteiger partial charge on any atom is 0.169 e. The third kappa shape index (κ3) is 2.81. The number of nitrogens with zero attached hydrogens (tertiary/aromatic N) is 4. The van der Waals surface area contributed by atoms with Crippen molar-refractivity contribution in [3.05, 3.63) is 34.1 Å². The molecule has 0 atom stereocenters. The van der Waals surface area contributed by atoms with E-state index in [9.17, 15) is 0 Å². The summed E-state index contributed by atoms with van der Waals surface area (Å²) in [4.78, 5) is 12.9. The van der Waals surface area contributed by atoms with Gasteiger partial charge in [-0.25, -0.2) is 4.98 Å². The lowest BCUT2D eigenvalue weighted by Gasteiger charge is -1.99. The van der Waals surface area contributed by atoms with Gasteiger partial charge in [-0.2, -0.15) is 0 Å². The van der Waals surface area contributed by atoms with Gasteiger partial charge in [0.2, 0.25) is 0 Å². The van der Waals surface area contributed by atoms with Crippen molar-refractivity contribution in [1.82, 2.24) is 19.5 Å². The molecule has 2 heterocycles. The first-order valence-electron chi connectivity index (χ1n) is 5.34. The number of rotatable bonds is 3. The second kappa shape index (κ2) is 5.67. The fourth-order valence-electron chi connectivity index (χ4n) is 1.55. The third-order valence-corrected chi connectivity index (χ3v) is 3.74. The van der Waals surface area contributed by atoms with E-state index >= 15 is 0 Å². The normalized spacial score (nSPS) is 11.3. The van der Waals surface area contributed by atoms with Crippen LogP contribution in [0.25, 0.3) is 12.2 Å². The molecule has 94 valence electrons. The van der Waals surface area contributed by atoms with Crippen LogP contribution in [0.3, 0.4) is 0 Å². The first-order chi connectivity index (χ1) is 8.61. The van der Waals surface area contributed by atoms with E-state index in [0.29, 0.717) is 0 Å². The van der Waals surface area contributed by atoms with Gasteiger partial charge in [-0.3, -0.25) is 9.97 Å². The molecule has 2 aromatic heterocycles. The number of hydrogen-bond acceptors (Lipinski definition) is 4. The van der Waals surface area contributed by atoms with Crippen molar-refractivity contribution >= 4 is 39.8 Å². The van der Waals surface area contributed by atoms with Crippen molar-refractivity contribution in [1.29, 1.82) is 0 Å². The molecular formula is C12H13BrN4S. The highest BCUT2D eigenvalue weighted by Crippen LogP contribution is 2.24. The molecule has 2 aromatic rings. The summed E-state index contributed by atoms with van der Waals surface area (Å²) in [5.74, 6) is 0. The number of thioether (sulfide) groups is 1. The van der Waals surface area contributed by atoms with Crippen molar-refractivity contribution in [2.24, 2.45) is 7.05 Å². The topological polar surface area (TPSA) is 43.6 Å². The van der Waals surface area contributed by atoms with Gasteiger partial charge in [0.1, 0.15) is 4.60 Å². The fourth-order valence-corrected chi connectivity index (χ4v) is 2.79. The highest BCUT2D eigenvalue weighted by molar-refractivity contribution is 9.10. The zero-order valence-electron chi connectivity index (χ0n) is 10.4. The van der Waals surface area contributed by atoms with Crippen molar-refractivity contribution in [3.63, 3.8) is 0 Å². The van der Waals surface area contributed by atoms with Gasteiger partial charge in [0.05, 0.1) is 23.3 Å². The summed E-state index contributed by atoms with van der Waals surface area (Å²) in [5.41, 5.74) is 2.77. The lowest BCUT2D eigenvalue weighted by Crippen LogP contribution is -1.93. The summed E-state index contributed by atoms with van der Waals surface area (Å²) in [7, 11) is 1.99. The molecule has 0 radical (unpaired) electrons. The van der Waals surface area contributed by atoms with Crippen LogP contribution < -0.4 is 0 Å². The molecule has 0 bridgehead atoms. The molecule has 0 N–H and O–H groups in total. The predicted octanol–water partition coefficient (Wildman–Crippen LogP) is 3.17. The first-order valence-corrected chi connectivity index (χ1v) is 7.36. The van der Waals surface area contributed by atoms with Crippen LogP contribution in [0.15, 0.2) is 22.2 Å². The van der Waals surface area contributed by atoms with Crippen LogP contribution in [0.4, 0.5) is 0 Å². The predicted molar refractivity (Wildman–Crippen MR) is 78.4 cm³/mol. The molecule has 0 saturated heterocycles. The largest absolute Gasteiger partial charge is 0.322 e. The summed E-state index contributed by atoms with van der Waals surface area (Å²) in [6.07, 6.45) is 9.41. The lowest BCUT2D eigenvalue weighted by atomic mass is 10.3. The number of aromatic nitrogens is 4. The number of halogens is 1. The zero-order valence-corrected chi connectivity index (χ0v) is 12.8. The van der Waals surface area contributed by atoms with Crippen LogP contribution in [0.5, 0.6) is 0 Å². The average Bonchev–Trinajstić information content (AvgIpc) is 2.62. The first kappa shape index (κ1) is 13.3. The van der Waals surface area contributed by atoms with E-state index in [4.69, 9.17) is 0 Å². The van der Waals surface area contributed by atoms with Crippen LogP contribution in [0.2, 0.25) is 0 Å². The number of aryl methyl sites for hydroxylation is 1. The van der Waals surface area contributed by atoms with Crippen LogP contribution in [0, 0.1) is 6.92 Å².